The number of nitrogens with one attached hydrogen (secondary N) is 1. The van der Waals surface area contributed by atoms with Gasteiger partial charge in [0.05, 0.1) is 0 Å². The van der Waals surface area contributed by atoms with Crippen LogP contribution in [0.1, 0.15) is 0 Å². The van der Waals surface area contributed by atoms with E-state index in [-0.39, 0.29) is 9.92 Å². The van der Waals surface area contributed by atoms with Crippen molar-refractivity contribution in [2.24, 2.45) is 0 Å². The maximum Gasteiger partial charge on any atom is 0.574 e. The Balaban J connectivity index is 2.96. The summed E-state index contributed by atoms with van der Waals surface area (Å²) in [5.74, 6) is -0.679. The van der Waals surface area contributed by atoms with Gasteiger partial charge in [-0.2, -0.15) is 4.98 Å². The highest BCUT2D eigenvalue weighted by molar-refractivity contribution is 7.71. The first-order chi connectivity index (χ1) is 5.87. The fourth-order valence-electron chi connectivity index (χ4n) is 0.578. The lowest BCUT2D eigenvalue weighted by atomic mass is 10.6. The topological polar surface area (TPSA) is 37.9 Å². The Morgan fingerprint density at radius 3 is 2.62 bits per heavy atom. The molecule has 0 saturated heterocycles. The van der Waals surface area contributed by atoms with Crippen LogP contribution in [-0.2, 0) is 0 Å². The summed E-state index contributed by atoms with van der Waals surface area (Å²) in [5, 5.41) is -0.0701. The quantitative estimate of drug-likeness (QED) is 0.595. The van der Waals surface area contributed by atoms with E-state index in [9.17, 15) is 13.2 Å². The number of aromatic amines is 1. The number of ether oxygens (including phenoxy) is 1. The summed E-state index contributed by atoms with van der Waals surface area (Å²) < 4.78 is 38.3. The van der Waals surface area contributed by atoms with Crippen LogP contribution in [0.4, 0.5) is 13.2 Å². The molecule has 0 spiro atoms. The molecule has 0 aliphatic heterocycles. The predicted octanol–water partition coefficient (Wildman–Crippen LogP) is 2.69. The van der Waals surface area contributed by atoms with E-state index in [0.717, 1.165) is 6.07 Å². The molecule has 0 aliphatic carbocycles. The van der Waals surface area contributed by atoms with Crippen molar-refractivity contribution in [3.63, 3.8) is 0 Å². The van der Waals surface area contributed by atoms with Crippen molar-refractivity contribution in [2.45, 2.75) is 6.36 Å². The molecule has 0 atom stereocenters. The molecule has 0 unspecified atom stereocenters. The van der Waals surface area contributed by atoms with E-state index in [2.05, 4.69) is 26.9 Å². The number of rotatable bonds is 1. The van der Waals surface area contributed by atoms with Gasteiger partial charge in [0.25, 0.3) is 0 Å². The molecule has 1 aromatic heterocycles. The fraction of sp³-hybridized carbons (Fsp3) is 0.200. The van der Waals surface area contributed by atoms with Crippen LogP contribution < -0.4 is 4.74 Å². The first-order valence-electron chi connectivity index (χ1n) is 2.89. The summed E-state index contributed by atoms with van der Waals surface area (Å²) in [6.07, 6.45) is -4.79. The number of nitrogens with zero attached hydrogens (tertiary/aromatic N) is 1. The summed E-state index contributed by atoms with van der Waals surface area (Å²) in [7, 11) is 0. The Kier molecular flexibility index (Phi) is 2.77. The number of hydrogen-bond acceptors (Lipinski definition) is 3. The predicted molar refractivity (Wildman–Crippen MR) is 41.1 cm³/mol. The van der Waals surface area contributed by atoms with Gasteiger partial charge in [0.2, 0.25) is 10.7 Å². The molecule has 1 heterocycles. The van der Waals surface area contributed by atoms with Gasteiger partial charge in [0.1, 0.15) is 5.15 Å². The minimum Gasteiger partial charge on any atom is -0.388 e. The molecule has 0 aromatic carbocycles. The standard InChI is InChI=1S/C5H2ClF3N2OS/c6-2-1-3(11-4(13)10-2)12-5(7,8)9/h1H,(H,10,11,13). The molecule has 1 rings (SSSR count). The van der Waals surface area contributed by atoms with Crippen molar-refractivity contribution in [1.29, 1.82) is 0 Å². The van der Waals surface area contributed by atoms with Gasteiger partial charge in [-0.1, -0.05) is 11.6 Å². The molecule has 13 heavy (non-hydrogen) atoms. The summed E-state index contributed by atoms with van der Waals surface area (Å²) in [5.41, 5.74) is 0. The van der Waals surface area contributed by atoms with Crippen LogP contribution in [0.5, 0.6) is 5.88 Å². The van der Waals surface area contributed by atoms with Crippen molar-refractivity contribution in [2.75, 3.05) is 0 Å². The lowest BCUT2D eigenvalue weighted by molar-refractivity contribution is -0.276. The monoisotopic (exact) mass is 230 g/mol. The molecule has 0 fully saturated rings. The van der Waals surface area contributed by atoms with E-state index < -0.39 is 12.2 Å². The molecule has 1 aromatic rings. The third-order valence-electron chi connectivity index (χ3n) is 0.909. The number of aromatic nitrogens is 2. The number of halogens is 4. The number of hydrogen-bond donors (Lipinski definition) is 1. The number of H-pyrrole nitrogens is 1. The summed E-state index contributed by atoms with van der Waals surface area (Å²) in [6.45, 7) is 0. The average molecular weight is 231 g/mol. The smallest absolute Gasteiger partial charge is 0.388 e. The molecular formula is C5H2ClF3N2OS. The second-order valence-corrected chi connectivity index (χ2v) is 2.71. The molecule has 0 amide bonds. The van der Waals surface area contributed by atoms with Crippen LogP contribution in [0.25, 0.3) is 0 Å². The van der Waals surface area contributed by atoms with E-state index in [1.54, 1.807) is 0 Å². The Morgan fingerprint density at radius 2 is 2.15 bits per heavy atom. The second kappa shape index (κ2) is 3.51. The highest BCUT2D eigenvalue weighted by Gasteiger charge is 2.31. The fourth-order valence-corrected chi connectivity index (χ4v) is 1.02. The zero-order chi connectivity index (χ0) is 10.1. The average Bonchev–Trinajstić information content (AvgIpc) is 1.78. The molecule has 0 saturated carbocycles. The maximum absolute atomic E-state index is 11.7. The molecular weight excluding hydrogens is 229 g/mol. The second-order valence-electron chi connectivity index (χ2n) is 1.92. The van der Waals surface area contributed by atoms with Crippen molar-refractivity contribution >= 4 is 23.8 Å². The summed E-state index contributed by atoms with van der Waals surface area (Å²) in [4.78, 5) is 5.57. The maximum atomic E-state index is 11.7. The van der Waals surface area contributed by atoms with Gasteiger partial charge in [-0.05, 0) is 12.2 Å². The van der Waals surface area contributed by atoms with Gasteiger partial charge < -0.3 is 9.72 Å². The Labute approximate surface area is 80.5 Å². The highest BCUT2D eigenvalue weighted by atomic mass is 35.5. The van der Waals surface area contributed by atoms with Crippen LogP contribution in [-0.4, -0.2) is 16.3 Å². The molecule has 3 nitrogen and oxygen atoms in total. The van der Waals surface area contributed by atoms with E-state index in [0.29, 0.717) is 0 Å². The van der Waals surface area contributed by atoms with Crippen molar-refractivity contribution < 1.29 is 17.9 Å². The normalized spacial score (nSPS) is 11.4. The summed E-state index contributed by atoms with van der Waals surface area (Å²) in [6, 6.07) is 0.880. The first kappa shape index (κ1) is 10.3. The van der Waals surface area contributed by atoms with Crippen molar-refractivity contribution in [3.8, 4) is 5.88 Å². The third kappa shape index (κ3) is 3.60. The summed E-state index contributed by atoms with van der Waals surface area (Å²) >= 11 is 9.85. The van der Waals surface area contributed by atoms with Crippen molar-refractivity contribution in [3.05, 3.63) is 16.0 Å². The molecule has 0 bridgehead atoms. The van der Waals surface area contributed by atoms with Crippen LogP contribution in [0, 0.1) is 4.77 Å². The van der Waals surface area contributed by atoms with Gasteiger partial charge in [-0.25, -0.2) is 0 Å². The van der Waals surface area contributed by atoms with Crippen molar-refractivity contribution in [1.82, 2.24) is 9.97 Å². The highest BCUT2D eigenvalue weighted by Crippen LogP contribution is 2.21. The zero-order valence-corrected chi connectivity index (χ0v) is 7.43. The third-order valence-corrected chi connectivity index (χ3v) is 1.31. The van der Waals surface area contributed by atoms with E-state index in [1.807, 2.05) is 0 Å². The van der Waals surface area contributed by atoms with E-state index >= 15 is 0 Å². The van der Waals surface area contributed by atoms with Crippen LogP contribution >= 0.6 is 23.8 Å². The lowest BCUT2D eigenvalue weighted by Crippen LogP contribution is -2.18. The van der Waals surface area contributed by atoms with E-state index in [1.165, 1.54) is 0 Å². The van der Waals surface area contributed by atoms with Gasteiger partial charge in [-0.15, -0.1) is 13.2 Å². The Morgan fingerprint density at radius 1 is 1.54 bits per heavy atom. The van der Waals surface area contributed by atoms with Gasteiger partial charge >= 0.3 is 6.36 Å². The Hall–Kier alpha value is -0.820. The number of alkyl halides is 3. The van der Waals surface area contributed by atoms with Gasteiger partial charge in [0, 0.05) is 6.07 Å². The molecule has 72 valence electrons. The lowest BCUT2D eigenvalue weighted by Gasteiger charge is -2.06. The molecule has 8 heteroatoms. The zero-order valence-electron chi connectivity index (χ0n) is 5.85. The SMILES string of the molecule is FC(F)(F)Oc1cc(Cl)[nH]c(=S)n1. The molecule has 1 N–H and O–H groups in total. The van der Waals surface area contributed by atoms with Gasteiger partial charge in [-0.3, -0.25) is 0 Å². The van der Waals surface area contributed by atoms with Crippen LogP contribution in [0.2, 0.25) is 5.15 Å². The largest absolute Gasteiger partial charge is 0.574 e. The van der Waals surface area contributed by atoms with Crippen LogP contribution in [0.3, 0.4) is 0 Å². The molecule has 0 radical (unpaired) electrons. The Bertz CT molecular complexity index is 364. The van der Waals surface area contributed by atoms with E-state index in [4.69, 9.17) is 11.6 Å². The minimum atomic E-state index is -4.79. The van der Waals surface area contributed by atoms with Crippen LogP contribution in [0.15, 0.2) is 6.07 Å². The minimum absolute atomic E-state index is 0.0701. The molecule has 0 aliphatic rings. The van der Waals surface area contributed by atoms with Gasteiger partial charge in [0.15, 0.2) is 0 Å². The first-order valence-corrected chi connectivity index (χ1v) is 3.68.